The highest BCUT2D eigenvalue weighted by atomic mass is 16.5. The first-order valence-corrected chi connectivity index (χ1v) is 7.27. The Bertz CT molecular complexity index is 384. The molecule has 8 heteroatoms. The Hall–Kier alpha value is -1.38. The van der Waals surface area contributed by atoms with Gasteiger partial charge in [-0.15, -0.1) is 0 Å². The van der Waals surface area contributed by atoms with Crippen molar-refractivity contribution in [1.29, 1.82) is 0 Å². The van der Waals surface area contributed by atoms with Crippen LogP contribution < -0.4 is 5.32 Å². The number of amides is 2. The van der Waals surface area contributed by atoms with Crippen LogP contribution in [-0.4, -0.2) is 89.6 Å². The van der Waals surface area contributed by atoms with Gasteiger partial charge in [-0.25, -0.2) is 9.59 Å². The number of carbonyl (C=O) groups excluding carboxylic acids is 1. The number of aliphatic hydroxyl groups excluding tert-OH is 1. The Morgan fingerprint density at radius 1 is 1.29 bits per heavy atom. The third kappa shape index (κ3) is 4.05. The number of ether oxygens (including phenoxy) is 1. The van der Waals surface area contributed by atoms with Gasteiger partial charge in [-0.1, -0.05) is 0 Å². The zero-order valence-electron chi connectivity index (χ0n) is 12.2. The van der Waals surface area contributed by atoms with E-state index in [-0.39, 0.29) is 0 Å². The fraction of sp³-hybridized carbons (Fsp3) is 0.846. The minimum Gasteiger partial charge on any atom is -0.480 e. The van der Waals surface area contributed by atoms with Crippen molar-refractivity contribution in [3.63, 3.8) is 0 Å². The van der Waals surface area contributed by atoms with Crippen LogP contribution >= 0.6 is 0 Å². The Morgan fingerprint density at radius 3 is 2.52 bits per heavy atom. The van der Waals surface area contributed by atoms with Crippen molar-refractivity contribution in [3.05, 3.63) is 0 Å². The second-order valence-electron chi connectivity index (χ2n) is 5.54. The first-order chi connectivity index (χ1) is 9.99. The number of carboxylic acid groups (broad SMARTS) is 1. The summed E-state index contributed by atoms with van der Waals surface area (Å²) in [5.74, 6) is -1.23. The Labute approximate surface area is 123 Å². The average Bonchev–Trinajstić information content (AvgIpc) is 2.94. The van der Waals surface area contributed by atoms with E-state index in [0.717, 1.165) is 19.5 Å². The number of carbonyl (C=O) groups is 2. The Morgan fingerprint density at radius 2 is 1.95 bits per heavy atom. The molecule has 2 heterocycles. The van der Waals surface area contributed by atoms with E-state index in [1.54, 1.807) is 4.90 Å². The van der Waals surface area contributed by atoms with Gasteiger partial charge in [0, 0.05) is 32.2 Å². The lowest BCUT2D eigenvalue weighted by Gasteiger charge is -2.32. The normalized spacial score (nSPS) is 26.4. The molecule has 2 saturated heterocycles. The van der Waals surface area contributed by atoms with Gasteiger partial charge in [-0.3, -0.25) is 4.90 Å². The SMILES string of the molecule is CC(O)C(NC(=O)N1CCC(N2CCOCC2)C1)C(=O)O. The minimum absolute atomic E-state index is 0.300. The van der Waals surface area contributed by atoms with Crippen molar-refractivity contribution in [1.82, 2.24) is 15.1 Å². The number of morpholine rings is 1. The standard InChI is InChI=1S/C13H23N3O5/c1-9(17)11(12(18)19)14-13(20)16-3-2-10(8-16)15-4-6-21-7-5-15/h9-11,17H,2-8H2,1H3,(H,14,20)(H,18,19). The van der Waals surface area contributed by atoms with Crippen LogP contribution in [-0.2, 0) is 9.53 Å². The summed E-state index contributed by atoms with van der Waals surface area (Å²) in [6.45, 7) is 5.69. The lowest BCUT2D eigenvalue weighted by Crippen LogP contribution is -2.52. The molecule has 0 aromatic heterocycles. The molecule has 3 N–H and O–H groups in total. The molecule has 0 bridgehead atoms. The zero-order valence-corrected chi connectivity index (χ0v) is 12.2. The van der Waals surface area contributed by atoms with Crippen LogP contribution in [0.1, 0.15) is 13.3 Å². The lowest BCUT2D eigenvalue weighted by molar-refractivity contribution is -0.141. The molecule has 2 fully saturated rings. The Kier molecular flexibility index (Phi) is 5.38. The fourth-order valence-corrected chi connectivity index (χ4v) is 2.78. The number of nitrogens with zero attached hydrogens (tertiary/aromatic N) is 2. The van der Waals surface area contributed by atoms with Crippen LogP contribution in [0.4, 0.5) is 4.79 Å². The van der Waals surface area contributed by atoms with Gasteiger partial charge in [-0.05, 0) is 13.3 Å². The summed E-state index contributed by atoms with van der Waals surface area (Å²) in [5, 5.41) is 20.7. The van der Waals surface area contributed by atoms with Crippen LogP contribution in [0.5, 0.6) is 0 Å². The first kappa shape index (κ1) is 16.0. The maximum Gasteiger partial charge on any atom is 0.328 e. The molecule has 8 nitrogen and oxygen atoms in total. The van der Waals surface area contributed by atoms with Crippen LogP contribution in [0.25, 0.3) is 0 Å². The number of aliphatic hydroxyl groups is 1. The molecule has 0 aliphatic carbocycles. The highest BCUT2D eigenvalue weighted by Crippen LogP contribution is 2.17. The van der Waals surface area contributed by atoms with Crippen LogP contribution in [0.3, 0.4) is 0 Å². The minimum atomic E-state index is -1.28. The van der Waals surface area contributed by atoms with E-state index in [1.165, 1.54) is 6.92 Å². The van der Waals surface area contributed by atoms with Gasteiger partial charge in [-0.2, -0.15) is 0 Å². The number of hydrogen-bond donors (Lipinski definition) is 3. The van der Waals surface area contributed by atoms with Gasteiger partial charge in [0.2, 0.25) is 0 Å². The highest BCUT2D eigenvalue weighted by molar-refractivity contribution is 5.83. The number of urea groups is 1. The number of nitrogens with one attached hydrogen (secondary N) is 1. The molecular formula is C13H23N3O5. The van der Waals surface area contributed by atoms with E-state index in [2.05, 4.69) is 10.2 Å². The topological polar surface area (TPSA) is 102 Å². The summed E-state index contributed by atoms with van der Waals surface area (Å²) < 4.78 is 5.31. The molecule has 0 radical (unpaired) electrons. The predicted molar refractivity (Wildman–Crippen MR) is 74.0 cm³/mol. The van der Waals surface area contributed by atoms with Crippen LogP contribution in [0.2, 0.25) is 0 Å². The molecule has 2 aliphatic heterocycles. The van der Waals surface area contributed by atoms with E-state index in [1.807, 2.05) is 0 Å². The van der Waals surface area contributed by atoms with Crippen molar-refractivity contribution in [3.8, 4) is 0 Å². The van der Waals surface area contributed by atoms with Gasteiger partial charge in [0.1, 0.15) is 0 Å². The van der Waals surface area contributed by atoms with Crippen molar-refractivity contribution in [2.45, 2.75) is 31.5 Å². The molecule has 120 valence electrons. The zero-order chi connectivity index (χ0) is 15.4. The summed E-state index contributed by atoms with van der Waals surface area (Å²) in [6, 6.07) is -1.41. The predicted octanol–water partition coefficient (Wildman–Crippen LogP) is -1.06. The van der Waals surface area contributed by atoms with E-state index >= 15 is 0 Å². The van der Waals surface area contributed by atoms with E-state index < -0.39 is 24.1 Å². The lowest BCUT2D eigenvalue weighted by atomic mass is 10.2. The molecule has 21 heavy (non-hydrogen) atoms. The van der Waals surface area contributed by atoms with E-state index in [4.69, 9.17) is 9.84 Å². The third-order valence-corrected chi connectivity index (χ3v) is 4.04. The summed E-state index contributed by atoms with van der Waals surface area (Å²) in [6.07, 6.45) is -0.260. The van der Waals surface area contributed by atoms with E-state index in [9.17, 15) is 14.7 Å². The van der Waals surface area contributed by atoms with E-state index in [0.29, 0.717) is 32.3 Å². The molecule has 0 spiro atoms. The van der Waals surface area contributed by atoms with Gasteiger partial charge in [0.15, 0.2) is 6.04 Å². The highest BCUT2D eigenvalue weighted by Gasteiger charge is 2.33. The molecule has 3 atom stereocenters. The number of rotatable bonds is 4. The number of likely N-dealkylation sites (tertiary alicyclic amines) is 1. The van der Waals surface area contributed by atoms with Gasteiger partial charge < -0.3 is 25.2 Å². The third-order valence-electron chi connectivity index (χ3n) is 4.04. The molecule has 2 amide bonds. The van der Waals surface area contributed by atoms with Gasteiger partial charge in [0.25, 0.3) is 0 Å². The second kappa shape index (κ2) is 7.06. The molecule has 2 aliphatic rings. The van der Waals surface area contributed by atoms with Crippen LogP contribution in [0, 0.1) is 0 Å². The summed E-state index contributed by atoms with van der Waals surface area (Å²) in [7, 11) is 0. The average molecular weight is 301 g/mol. The fourth-order valence-electron chi connectivity index (χ4n) is 2.78. The summed E-state index contributed by atoms with van der Waals surface area (Å²) >= 11 is 0. The maximum absolute atomic E-state index is 12.1. The quantitative estimate of drug-likeness (QED) is 0.611. The Balaban J connectivity index is 1.85. The first-order valence-electron chi connectivity index (χ1n) is 7.27. The van der Waals surface area contributed by atoms with Crippen molar-refractivity contribution >= 4 is 12.0 Å². The smallest absolute Gasteiger partial charge is 0.328 e. The van der Waals surface area contributed by atoms with Crippen molar-refractivity contribution < 1.29 is 24.5 Å². The molecule has 0 aromatic carbocycles. The molecule has 2 rings (SSSR count). The monoisotopic (exact) mass is 301 g/mol. The van der Waals surface area contributed by atoms with Crippen molar-refractivity contribution in [2.75, 3.05) is 39.4 Å². The number of hydrogen-bond acceptors (Lipinski definition) is 5. The largest absolute Gasteiger partial charge is 0.480 e. The molecule has 0 saturated carbocycles. The number of aliphatic carboxylic acids is 1. The molecule has 3 unspecified atom stereocenters. The number of carboxylic acids is 1. The molecule has 0 aromatic rings. The maximum atomic E-state index is 12.1. The summed E-state index contributed by atoms with van der Waals surface area (Å²) in [5.41, 5.74) is 0. The van der Waals surface area contributed by atoms with Crippen LogP contribution in [0.15, 0.2) is 0 Å². The van der Waals surface area contributed by atoms with Gasteiger partial charge >= 0.3 is 12.0 Å². The second-order valence-corrected chi connectivity index (χ2v) is 5.54. The molecular weight excluding hydrogens is 278 g/mol. The van der Waals surface area contributed by atoms with Crippen molar-refractivity contribution in [2.24, 2.45) is 0 Å². The summed E-state index contributed by atoms with van der Waals surface area (Å²) in [4.78, 5) is 27.0. The van der Waals surface area contributed by atoms with Gasteiger partial charge in [0.05, 0.1) is 19.3 Å².